The number of thiol groups is 1. The standard InChI is InChI=1S/C16H34OS/c17-15-13-11-9-7-5-3-1-2-4-6-8-10-12-14-16-18/h17-18H,1-16H2. The average Bonchev–Trinajstić information content (AvgIpc) is 2.39. The Morgan fingerprint density at radius 2 is 0.722 bits per heavy atom. The molecular weight excluding hydrogens is 240 g/mol. The first-order chi connectivity index (χ1) is 8.91. The summed E-state index contributed by atoms with van der Waals surface area (Å²) in [5, 5.41) is 8.65. The van der Waals surface area contributed by atoms with Gasteiger partial charge in [0.05, 0.1) is 0 Å². The number of aliphatic hydroxyl groups excluding tert-OH is 1. The summed E-state index contributed by atoms with van der Waals surface area (Å²) in [6, 6.07) is 0. The summed E-state index contributed by atoms with van der Waals surface area (Å²) in [6.45, 7) is 0.369. The van der Waals surface area contributed by atoms with E-state index in [1.807, 2.05) is 0 Å². The number of hydrogen-bond acceptors (Lipinski definition) is 2. The van der Waals surface area contributed by atoms with E-state index in [9.17, 15) is 0 Å². The Bertz CT molecular complexity index is 123. The predicted octanol–water partition coefficient (Wildman–Crippen LogP) is 5.37. The molecule has 0 aliphatic heterocycles. The highest BCUT2D eigenvalue weighted by Crippen LogP contribution is 2.12. The molecule has 110 valence electrons. The maximum absolute atomic E-state index is 8.65. The van der Waals surface area contributed by atoms with Crippen LogP contribution in [0.1, 0.15) is 89.9 Å². The SMILES string of the molecule is OCCCCCCCCCCCCCCCCS. The maximum Gasteiger partial charge on any atom is 0.0431 e. The van der Waals surface area contributed by atoms with Crippen molar-refractivity contribution < 1.29 is 5.11 Å². The van der Waals surface area contributed by atoms with Gasteiger partial charge in [-0.25, -0.2) is 0 Å². The second-order valence-corrected chi connectivity index (χ2v) is 5.84. The molecule has 1 nitrogen and oxygen atoms in total. The molecule has 0 saturated heterocycles. The van der Waals surface area contributed by atoms with Crippen molar-refractivity contribution in [2.24, 2.45) is 0 Å². The van der Waals surface area contributed by atoms with Crippen LogP contribution in [0.2, 0.25) is 0 Å². The topological polar surface area (TPSA) is 20.2 Å². The minimum absolute atomic E-state index is 0.369. The lowest BCUT2D eigenvalue weighted by atomic mass is 10.0. The van der Waals surface area contributed by atoms with Crippen LogP contribution in [-0.4, -0.2) is 17.5 Å². The largest absolute Gasteiger partial charge is 0.396 e. The third kappa shape index (κ3) is 16.3. The Kier molecular flexibility index (Phi) is 17.6. The van der Waals surface area contributed by atoms with Gasteiger partial charge in [0.1, 0.15) is 0 Å². The van der Waals surface area contributed by atoms with Crippen molar-refractivity contribution in [1.29, 1.82) is 0 Å². The molecule has 0 rings (SSSR count). The molecule has 18 heavy (non-hydrogen) atoms. The third-order valence-electron chi connectivity index (χ3n) is 3.57. The number of hydrogen-bond donors (Lipinski definition) is 2. The third-order valence-corrected chi connectivity index (χ3v) is 3.88. The molecule has 0 aromatic carbocycles. The molecule has 0 spiro atoms. The highest BCUT2D eigenvalue weighted by atomic mass is 32.1. The van der Waals surface area contributed by atoms with Gasteiger partial charge in [0, 0.05) is 6.61 Å². The van der Waals surface area contributed by atoms with Gasteiger partial charge >= 0.3 is 0 Å². The fourth-order valence-corrected chi connectivity index (χ4v) is 2.57. The minimum atomic E-state index is 0.369. The van der Waals surface area contributed by atoms with Crippen LogP contribution in [0.15, 0.2) is 0 Å². The van der Waals surface area contributed by atoms with Crippen LogP contribution in [-0.2, 0) is 0 Å². The maximum atomic E-state index is 8.65. The molecule has 0 aromatic rings. The van der Waals surface area contributed by atoms with Crippen LogP contribution in [0.25, 0.3) is 0 Å². The molecule has 0 aliphatic carbocycles. The second-order valence-electron chi connectivity index (χ2n) is 5.40. The first-order valence-corrected chi connectivity index (χ1v) is 8.76. The van der Waals surface area contributed by atoms with Gasteiger partial charge in [0.15, 0.2) is 0 Å². The smallest absolute Gasteiger partial charge is 0.0431 e. The first kappa shape index (κ1) is 18.3. The quantitative estimate of drug-likeness (QED) is 0.304. The van der Waals surface area contributed by atoms with Gasteiger partial charge in [-0.2, -0.15) is 12.6 Å². The molecule has 0 fully saturated rings. The lowest BCUT2D eigenvalue weighted by molar-refractivity contribution is 0.282. The fraction of sp³-hybridized carbons (Fsp3) is 1.00. The lowest BCUT2D eigenvalue weighted by Gasteiger charge is -2.02. The van der Waals surface area contributed by atoms with Gasteiger partial charge in [0.25, 0.3) is 0 Å². The zero-order chi connectivity index (χ0) is 13.3. The monoisotopic (exact) mass is 274 g/mol. The molecule has 2 heteroatoms. The minimum Gasteiger partial charge on any atom is -0.396 e. The zero-order valence-electron chi connectivity index (χ0n) is 12.2. The van der Waals surface area contributed by atoms with E-state index in [0.29, 0.717) is 6.61 Å². The summed E-state index contributed by atoms with van der Waals surface area (Å²) in [5.74, 6) is 1.05. The number of rotatable bonds is 15. The number of aliphatic hydroxyl groups is 1. The first-order valence-electron chi connectivity index (χ1n) is 8.13. The summed E-state index contributed by atoms with van der Waals surface area (Å²) in [5.41, 5.74) is 0. The molecule has 0 amide bonds. The Labute approximate surface area is 120 Å². The molecule has 0 saturated carbocycles. The molecule has 0 bridgehead atoms. The van der Waals surface area contributed by atoms with Crippen LogP contribution in [0.3, 0.4) is 0 Å². The van der Waals surface area contributed by atoms with E-state index in [4.69, 9.17) is 5.11 Å². The second kappa shape index (κ2) is 17.3. The predicted molar refractivity (Wildman–Crippen MR) is 85.6 cm³/mol. The van der Waals surface area contributed by atoms with Gasteiger partial charge in [-0.05, 0) is 18.6 Å². The van der Waals surface area contributed by atoms with Gasteiger partial charge in [-0.1, -0.05) is 77.0 Å². The Morgan fingerprint density at radius 3 is 1.00 bits per heavy atom. The van der Waals surface area contributed by atoms with Gasteiger partial charge in [-0.15, -0.1) is 0 Å². The average molecular weight is 275 g/mol. The molecule has 0 heterocycles. The summed E-state index contributed by atoms with van der Waals surface area (Å²) in [7, 11) is 0. The van der Waals surface area contributed by atoms with E-state index < -0.39 is 0 Å². The van der Waals surface area contributed by atoms with Crippen molar-refractivity contribution in [1.82, 2.24) is 0 Å². The molecule has 0 radical (unpaired) electrons. The Hall–Kier alpha value is 0.310. The van der Waals surface area contributed by atoms with E-state index in [0.717, 1.165) is 12.2 Å². The summed E-state index contributed by atoms with van der Waals surface area (Å²) in [4.78, 5) is 0. The van der Waals surface area contributed by atoms with Crippen molar-refractivity contribution in [3.8, 4) is 0 Å². The van der Waals surface area contributed by atoms with Crippen LogP contribution in [0.4, 0.5) is 0 Å². The highest BCUT2D eigenvalue weighted by molar-refractivity contribution is 7.80. The molecule has 0 aromatic heterocycles. The highest BCUT2D eigenvalue weighted by Gasteiger charge is 1.93. The van der Waals surface area contributed by atoms with Crippen molar-refractivity contribution in [3.05, 3.63) is 0 Å². The van der Waals surface area contributed by atoms with E-state index in [2.05, 4.69) is 12.6 Å². The normalized spacial score (nSPS) is 11.0. The molecular formula is C16H34OS. The van der Waals surface area contributed by atoms with Crippen molar-refractivity contribution >= 4 is 12.6 Å². The van der Waals surface area contributed by atoms with Crippen LogP contribution < -0.4 is 0 Å². The van der Waals surface area contributed by atoms with Crippen molar-refractivity contribution in [2.45, 2.75) is 89.9 Å². The van der Waals surface area contributed by atoms with E-state index in [1.54, 1.807) is 0 Å². The van der Waals surface area contributed by atoms with Crippen LogP contribution >= 0.6 is 12.6 Å². The molecule has 0 atom stereocenters. The molecule has 0 unspecified atom stereocenters. The zero-order valence-corrected chi connectivity index (χ0v) is 13.1. The van der Waals surface area contributed by atoms with E-state index >= 15 is 0 Å². The van der Waals surface area contributed by atoms with Crippen LogP contribution in [0, 0.1) is 0 Å². The van der Waals surface area contributed by atoms with E-state index in [-0.39, 0.29) is 0 Å². The summed E-state index contributed by atoms with van der Waals surface area (Å²) >= 11 is 4.23. The Morgan fingerprint density at radius 1 is 0.444 bits per heavy atom. The van der Waals surface area contributed by atoms with Crippen molar-refractivity contribution in [3.63, 3.8) is 0 Å². The Balaban J connectivity index is 2.86. The van der Waals surface area contributed by atoms with Crippen LogP contribution in [0.5, 0.6) is 0 Å². The lowest BCUT2D eigenvalue weighted by Crippen LogP contribution is -1.85. The van der Waals surface area contributed by atoms with Gasteiger partial charge < -0.3 is 5.11 Å². The molecule has 0 aliphatic rings. The fourth-order valence-electron chi connectivity index (χ4n) is 2.34. The van der Waals surface area contributed by atoms with Crippen molar-refractivity contribution in [2.75, 3.05) is 12.4 Å². The number of unbranched alkanes of at least 4 members (excludes halogenated alkanes) is 13. The summed E-state index contributed by atoms with van der Waals surface area (Å²) < 4.78 is 0. The van der Waals surface area contributed by atoms with Gasteiger partial charge in [-0.3, -0.25) is 0 Å². The summed E-state index contributed by atoms with van der Waals surface area (Å²) in [6.07, 6.45) is 18.9. The molecule has 1 N–H and O–H groups in total. The van der Waals surface area contributed by atoms with Gasteiger partial charge in [0.2, 0.25) is 0 Å². The van der Waals surface area contributed by atoms with E-state index in [1.165, 1.54) is 83.5 Å².